The van der Waals surface area contributed by atoms with Gasteiger partial charge in [-0.2, -0.15) is 8.42 Å². The molecule has 0 saturated carbocycles. The van der Waals surface area contributed by atoms with Crippen molar-refractivity contribution in [2.75, 3.05) is 0 Å². The topological polar surface area (TPSA) is 94.8 Å². The van der Waals surface area contributed by atoms with Crippen LogP contribution in [0.25, 0.3) is 0 Å². The Labute approximate surface area is 186 Å². The number of hydrogen-bond donors (Lipinski definition) is 3. The lowest BCUT2D eigenvalue weighted by molar-refractivity contribution is 0.439. The number of hydrogen-bond acceptors (Lipinski definition) is 4. The van der Waals surface area contributed by atoms with E-state index in [-0.39, 0.29) is 37.0 Å². The molecule has 3 rings (SSSR count). The van der Waals surface area contributed by atoms with Crippen LogP contribution in [-0.4, -0.2) is 23.2 Å². The Hall–Kier alpha value is -1.67. The highest BCUT2D eigenvalue weighted by Crippen LogP contribution is 2.54. The summed E-state index contributed by atoms with van der Waals surface area (Å²) in [5.41, 5.74) is -0.836. The zero-order valence-electron chi connectivity index (χ0n) is 14.3. The molecule has 0 fully saturated rings. The molecule has 0 aliphatic rings. The Morgan fingerprint density at radius 2 is 1.34 bits per heavy atom. The Kier molecular flexibility index (Phi) is 5.98. The van der Waals surface area contributed by atoms with Crippen molar-refractivity contribution < 1.29 is 23.2 Å². The summed E-state index contributed by atoms with van der Waals surface area (Å²) in [7, 11) is -5.17. The predicted molar refractivity (Wildman–Crippen MR) is 114 cm³/mol. The van der Waals surface area contributed by atoms with E-state index >= 15 is 0 Å². The summed E-state index contributed by atoms with van der Waals surface area (Å²) in [6.45, 7) is 0. The van der Waals surface area contributed by atoms with Crippen molar-refractivity contribution >= 4 is 56.5 Å². The van der Waals surface area contributed by atoms with Gasteiger partial charge in [0, 0.05) is 26.2 Å². The molecule has 29 heavy (non-hydrogen) atoms. The molecule has 5 nitrogen and oxygen atoms in total. The van der Waals surface area contributed by atoms with Gasteiger partial charge in [0.15, 0.2) is 4.75 Å². The molecular formula is C19H12Cl4O5S. The van der Waals surface area contributed by atoms with Crippen LogP contribution in [0, 0.1) is 0 Å². The lowest BCUT2D eigenvalue weighted by atomic mass is 9.83. The number of halogens is 4. The molecule has 10 heteroatoms. The van der Waals surface area contributed by atoms with E-state index < -0.39 is 26.2 Å². The fraction of sp³-hybridized carbons (Fsp3) is 0.0526. The van der Waals surface area contributed by atoms with Crippen molar-refractivity contribution in [3.05, 3.63) is 91.4 Å². The van der Waals surface area contributed by atoms with Gasteiger partial charge in [-0.1, -0.05) is 64.6 Å². The minimum atomic E-state index is -5.17. The molecule has 0 aliphatic heterocycles. The first-order valence-electron chi connectivity index (χ1n) is 7.89. The summed E-state index contributed by atoms with van der Waals surface area (Å²) >= 11 is 24.9. The van der Waals surface area contributed by atoms with E-state index in [2.05, 4.69) is 0 Å². The highest BCUT2D eigenvalue weighted by Gasteiger charge is 2.53. The molecule has 3 aromatic rings. The third-order valence-corrected chi connectivity index (χ3v) is 6.90. The maximum absolute atomic E-state index is 13.0. The SMILES string of the molecule is O=S(=O)(O)C(c1cccc(O)c1)(c1c(O)cc(Cl)cc1Cl)c1c(Cl)cccc1Cl. The van der Waals surface area contributed by atoms with Gasteiger partial charge < -0.3 is 10.2 Å². The van der Waals surface area contributed by atoms with Crippen molar-refractivity contribution in [3.8, 4) is 11.5 Å². The summed E-state index contributed by atoms with van der Waals surface area (Å²) in [6.07, 6.45) is 0. The molecule has 0 amide bonds. The van der Waals surface area contributed by atoms with Gasteiger partial charge in [-0.25, -0.2) is 0 Å². The second kappa shape index (κ2) is 7.87. The Bertz CT molecular complexity index is 1170. The van der Waals surface area contributed by atoms with Crippen molar-refractivity contribution in [2.45, 2.75) is 4.75 Å². The van der Waals surface area contributed by atoms with E-state index in [0.29, 0.717) is 0 Å². The zero-order valence-corrected chi connectivity index (χ0v) is 18.1. The van der Waals surface area contributed by atoms with E-state index in [1.165, 1.54) is 42.5 Å². The maximum atomic E-state index is 13.0. The van der Waals surface area contributed by atoms with Gasteiger partial charge in [0.25, 0.3) is 10.1 Å². The summed E-state index contributed by atoms with van der Waals surface area (Å²) in [6, 6.07) is 11.6. The minimum Gasteiger partial charge on any atom is -0.508 e. The molecule has 1 unspecified atom stereocenters. The summed E-state index contributed by atoms with van der Waals surface area (Å²) in [4.78, 5) is 0. The highest BCUT2D eigenvalue weighted by molar-refractivity contribution is 7.87. The summed E-state index contributed by atoms with van der Waals surface area (Å²) in [5, 5.41) is 20.2. The van der Waals surface area contributed by atoms with Crippen LogP contribution in [0.2, 0.25) is 20.1 Å². The van der Waals surface area contributed by atoms with Crippen molar-refractivity contribution in [1.29, 1.82) is 0 Å². The molecule has 0 radical (unpaired) electrons. The third-order valence-electron chi connectivity index (χ3n) is 4.34. The lowest BCUT2D eigenvalue weighted by Crippen LogP contribution is -2.39. The predicted octanol–water partition coefficient (Wildman–Crippen LogP) is 5.89. The highest BCUT2D eigenvalue weighted by atomic mass is 35.5. The lowest BCUT2D eigenvalue weighted by Gasteiger charge is -2.35. The largest absolute Gasteiger partial charge is 0.508 e. The van der Waals surface area contributed by atoms with Gasteiger partial charge in [-0.15, -0.1) is 0 Å². The van der Waals surface area contributed by atoms with Gasteiger partial charge >= 0.3 is 0 Å². The number of rotatable bonds is 4. The van der Waals surface area contributed by atoms with Crippen LogP contribution >= 0.6 is 46.4 Å². The first kappa shape index (κ1) is 22.0. The molecule has 0 spiro atoms. The first-order valence-corrected chi connectivity index (χ1v) is 10.8. The van der Waals surface area contributed by atoms with Gasteiger partial charge in [-0.05, 0) is 42.0 Å². The average Bonchev–Trinajstić information content (AvgIpc) is 2.58. The molecule has 3 N–H and O–H groups in total. The monoisotopic (exact) mass is 492 g/mol. The van der Waals surface area contributed by atoms with Crippen LogP contribution in [0.4, 0.5) is 0 Å². The van der Waals surface area contributed by atoms with Gasteiger partial charge in [0.2, 0.25) is 0 Å². The van der Waals surface area contributed by atoms with Crippen molar-refractivity contribution in [2.24, 2.45) is 0 Å². The summed E-state index contributed by atoms with van der Waals surface area (Å²) in [5.74, 6) is -0.928. The minimum absolute atomic E-state index is 0.0293. The first-order chi connectivity index (χ1) is 13.5. The van der Waals surface area contributed by atoms with Crippen molar-refractivity contribution in [3.63, 3.8) is 0 Å². The average molecular weight is 494 g/mol. The number of aromatic hydroxyl groups is 2. The number of phenolic OH excluding ortho intramolecular Hbond substituents is 2. The Morgan fingerprint density at radius 3 is 1.86 bits per heavy atom. The van der Waals surface area contributed by atoms with Crippen molar-refractivity contribution in [1.82, 2.24) is 0 Å². The zero-order chi connectivity index (χ0) is 21.6. The van der Waals surface area contributed by atoms with Crippen LogP contribution in [0.15, 0.2) is 54.6 Å². The Balaban J connectivity index is 2.68. The maximum Gasteiger partial charge on any atom is 0.283 e. The Morgan fingerprint density at radius 1 is 0.759 bits per heavy atom. The molecule has 0 heterocycles. The van der Waals surface area contributed by atoms with E-state index in [1.54, 1.807) is 0 Å². The smallest absolute Gasteiger partial charge is 0.283 e. The molecule has 3 aromatic carbocycles. The standard InChI is InChI=1S/C19H12Cl4O5S/c20-11-8-15(23)18(16(25)9-11)19(29(26,27)28,10-3-1-4-12(24)7-10)17-13(21)5-2-6-14(17)22/h1-9,24-25H,(H,26,27,28). The fourth-order valence-corrected chi connectivity index (χ4v) is 6.14. The molecule has 0 bridgehead atoms. The van der Waals surface area contributed by atoms with Crippen LogP contribution in [0.5, 0.6) is 11.5 Å². The molecule has 1 atom stereocenters. The summed E-state index contributed by atoms with van der Waals surface area (Å²) < 4.78 is 34.0. The van der Waals surface area contributed by atoms with Gasteiger partial charge in [0.1, 0.15) is 11.5 Å². The third kappa shape index (κ3) is 3.65. The second-order valence-electron chi connectivity index (χ2n) is 6.08. The number of phenols is 2. The van der Waals surface area contributed by atoms with Gasteiger partial charge in [-0.3, -0.25) is 4.55 Å². The van der Waals surface area contributed by atoms with Crippen LogP contribution in [-0.2, 0) is 14.9 Å². The molecular weight excluding hydrogens is 482 g/mol. The van der Waals surface area contributed by atoms with E-state index in [9.17, 15) is 23.2 Å². The number of benzene rings is 3. The normalized spacial score (nSPS) is 13.8. The quantitative estimate of drug-likeness (QED) is 0.311. The van der Waals surface area contributed by atoms with Gasteiger partial charge in [0.05, 0.1) is 5.02 Å². The van der Waals surface area contributed by atoms with E-state index in [4.69, 9.17) is 46.4 Å². The molecule has 0 saturated heterocycles. The molecule has 0 aromatic heterocycles. The molecule has 0 aliphatic carbocycles. The second-order valence-corrected chi connectivity index (χ2v) is 9.31. The van der Waals surface area contributed by atoms with Crippen LogP contribution in [0.1, 0.15) is 16.7 Å². The van der Waals surface area contributed by atoms with E-state index in [1.807, 2.05) is 0 Å². The molecule has 152 valence electrons. The van der Waals surface area contributed by atoms with Crippen LogP contribution < -0.4 is 0 Å². The fourth-order valence-electron chi connectivity index (χ4n) is 3.29. The van der Waals surface area contributed by atoms with Crippen LogP contribution in [0.3, 0.4) is 0 Å². The van der Waals surface area contributed by atoms with E-state index in [0.717, 1.165) is 12.1 Å².